The fourth-order valence-electron chi connectivity index (χ4n) is 4.03. The van der Waals surface area contributed by atoms with Gasteiger partial charge in [-0.3, -0.25) is 9.59 Å². The molecule has 3 saturated heterocycles. The Hall–Kier alpha value is -1.87. The van der Waals surface area contributed by atoms with Gasteiger partial charge >= 0.3 is 5.97 Å². The minimum Gasteiger partial charge on any atom is -0.467 e. The third-order valence-corrected chi connectivity index (χ3v) is 5.58. The normalized spacial score (nSPS) is 33.1. The number of hydrogen-bond donors (Lipinski definition) is 3. The molecule has 0 aromatic heterocycles. The minimum atomic E-state index is -1.23. The molecule has 0 aromatic rings. The van der Waals surface area contributed by atoms with E-state index in [0.717, 1.165) is 7.11 Å². The molecule has 0 saturated carbocycles. The Morgan fingerprint density at radius 2 is 1.71 bits per heavy atom. The quantitative estimate of drug-likeness (QED) is 0.325. The van der Waals surface area contributed by atoms with Crippen molar-refractivity contribution >= 4 is 17.8 Å². The first-order valence-corrected chi connectivity index (χ1v) is 11.1. The second kappa shape index (κ2) is 10.4. The SMILES string of the molecule is COC(=O)[C@H](CO)NC(=O)[C@@H](C)NC(=O)CO[C@H]1O[C@H]([C@H]2COC(C)(C)O2)[C@@H]2OC(C)(C)O[C@H]12. The zero-order valence-electron chi connectivity index (χ0n) is 20.2. The molecule has 3 aliphatic heterocycles. The van der Waals surface area contributed by atoms with Gasteiger partial charge < -0.3 is 48.9 Å². The standard InChI is InChI=1S/C21H34N2O11/c1-10(17(26)23-11(7-24)18(27)28-6)22-13(25)9-29-19-16-15(33-21(4,5)34-16)14(31-19)12-8-30-20(2,3)32-12/h10-12,14-16,19,24H,7-9H2,1-6H3,(H,22,25)(H,23,26)/t10-,11+,12-,14-,15+,16+,19+/m1/s1. The number of methoxy groups -OCH3 is 1. The molecule has 194 valence electrons. The zero-order valence-corrected chi connectivity index (χ0v) is 20.2. The molecule has 3 aliphatic rings. The fourth-order valence-corrected chi connectivity index (χ4v) is 4.03. The van der Waals surface area contributed by atoms with E-state index >= 15 is 0 Å². The van der Waals surface area contributed by atoms with Crippen LogP contribution in [0.15, 0.2) is 0 Å². The van der Waals surface area contributed by atoms with Crippen molar-refractivity contribution in [2.45, 2.75) is 89.0 Å². The minimum absolute atomic E-state index is 0.310. The first-order chi connectivity index (χ1) is 15.9. The molecule has 34 heavy (non-hydrogen) atoms. The van der Waals surface area contributed by atoms with Gasteiger partial charge in [-0.2, -0.15) is 0 Å². The Kier molecular flexibility index (Phi) is 8.18. The summed E-state index contributed by atoms with van der Waals surface area (Å²) in [5.41, 5.74) is 0. The maximum atomic E-state index is 12.4. The van der Waals surface area contributed by atoms with Gasteiger partial charge in [-0.15, -0.1) is 0 Å². The highest BCUT2D eigenvalue weighted by Gasteiger charge is 2.59. The molecule has 0 bridgehead atoms. The Morgan fingerprint density at radius 1 is 1.03 bits per heavy atom. The lowest BCUT2D eigenvalue weighted by atomic mass is 10.1. The van der Waals surface area contributed by atoms with Gasteiger partial charge in [-0.25, -0.2) is 4.79 Å². The molecule has 3 fully saturated rings. The van der Waals surface area contributed by atoms with Crippen LogP contribution < -0.4 is 10.6 Å². The highest BCUT2D eigenvalue weighted by Crippen LogP contribution is 2.42. The van der Waals surface area contributed by atoms with Crippen LogP contribution in [0.25, 0.3) is 0 Å². The number of amides is 2. The van der Waals surface area contributed by atoms with Crippen molar-refractivity contribution in [3.05, 3.63) is 0 Å². The molecule has 0 unspecified atom stereocenters. The number of aliphatic hydroxyl groups excluding tert-OH is 1. The van der Waals surface area contributed by atoms with E-state index < -0.39 is 85.4 Å². The van der Waals surface area contributed by atoms with Crippen LogP contribution in [-0.2, 0) is 47.5 Å². The summed E-state index contributed by atoms with van der Waals surface area (Å²) in [5.74, 6) is -3.69. The molecule has 0 radical (unpaired) electrons. The van der Waals surface area contributed by atoms with Crippen LogP contribution in [0.2, 0.25) is 0 Å². The monoisotopic (exact) mass is 490 g/mol. The second-order valence-electron chi connectivity index (χ2n) is 9.27. The van der Waals surface area contributed by atoms with Gasteiger partial charge in [0.25, 0.3) is 0 Å². The number of ether oxygens (including phenoxy) is 7. The van der Waals surface area contributed by atoms with Crippen LogP contribution in [-0.4, -0.2) is 104 Å². The zero-order chi connectivity index (χ0) is 25.3. The second-order valence-corrected chi connectivity index (χ2v) is 9.27. The summed E-state index contributed by atoms with van der Waals surface area (Å²) in [6.45, 7) is 7.83. The molecule has 13 nitrogen and oxygen atoms in total. The lowest BCUT2D eigenvalue weighted by Crippen LogP contribution is -2.52. The van der Waals surface area contributed by atoms with Gasteiger partial charge in [-0.05, 0) is 34.6 Å². The predicted molar refractivity (Wildman–Crippen MR) is 112 cm³/mol. The molecule has 3 rings (SSSR count). The van der Waals surface area contributed by atoms with E-state index in [4.69, 9.17) is 28.4 Å². The smallest absolute Gasteiger partial charge is 0.330 e. The van der Waals surface area contributed by atoms with Crippen LogP contribution in [0, 0.1) is 0 Å². The predicted octanol–water partition coefficient (Wildman–Crippen LogP) is -1.45. The summed E-state index contributed by atoms with van der Waals surface area (Å²) < 4.78 is 39.6. The molecular formula is C21H34N2O11. The Bertz CT molecular complexity index is 774. The topological polar surface area (TPSA) is 160 Å². The van der Waals surface area contributed by atoms with Gasteiger partial charge in [0.1, 0.15) is 37.1 Å². The fraction of sp³-hybridized carbons (Fsp3) is 0.857. The number of rotatable bonds is 9. The van der Waals surface area contributed by atoms with Crippen LogP contribution >= 0.6 is 0 Å². The summed E-state index contributed by atoms with van der Waals surface area (Å²) in [4.78, 5) is 36.1. The van der Waals surface area contributed by atoms with E-state index in [9.17, 15) is 19.5 Å². The summed E-state index contributed by atoms with van der Waals surface area (Å²) >= 11 is 0. The molecule has 13 heteroatoms. The first kappa shape index (κ1) is 26.7. The molecule has 3 N–H and O–H groups in total. The van der Waals surface area contributed by atoms with Gasteiger partial charge in [0.15, 0.2) is 23.9 Å². The van der Waals surface area contributed by atoms with Crippen LogP contribution in [0.4, 0.5) is 0 Å². The third kappa shape index (κ3) is 6.22. The van der Waals surface area contributed by atoms with E-state index in [2.05, 4.69) is 15.4 Å². The lowest BCUT2D eigenvalue weighted by Gasteiger charge is -2.27. The summed E-state index contributed by atoms with van der Waals surface area (Å²) in [7, 11) is 1.13. The Balaban J connectivity index is 1.53. The lowest BCUT2D eigenvalue weighted by molar-refractivity contribution is -0.246. The van der Waals surface area contributed by atoms with Crippen molar-refractivity contribution in [3.8, 4) is 0 Å². The van der Waals surface area contributed by atoms with Crippen molar-refractivity contribution in [1.29, 1.82) is 0 Å². The number of esters is 1. The molecule has 0 aromatic carbocycles. The molecule has 2 amide bonds. The van der Waals surface area contributed by atoms with E-state index in [1.165, 1.54) is 6.92 Å². The molecule has 0 aliphatic carbocycles. The third-order valence-electron chi connectivity index (χ3n) is 5.58. The number of aliphatic hydroxyl groups is 1. The average molecular weight is 491 g/mol. The number of carbonyl (C=O) groups excluding carboxylic acids is 3. The van der Waals surface area contributed by atoms with Gasteiger partial charge in [0, 0.05) is 0 Å². The highest BCUT2D eigenvalue weighted by molar-refractivity contribution is 5.90. The highest BCUT2D eigenvalue weighted by atomic mass is 16.8. The summed E-state index contributed by atoms with van der Waals surface area (Å²) in [5, 5.41) is 14.0. The molecule has 0 spiro atoms. The van der Waals surface area contributed by atoms with Crippen LogP contribution in [0.3, 0.4) is 0 Å². The van der Waals surface area contributed by atoms with Gasteiger partial charge in [-0.1, -0.05) is 0 Å². The average Bonchev–Trinajstić information content (AvgIpc) is 3.39. The first-order valence-electron chi connectivity index (χ1n) is 11.1. The molecular weight excluding hydrogens is 456 g/mol. The largest absolute Gasteiger partial charge is 0.467 e. The maximum absolute atomic E-state index is 12.4. The Labute approximate surface area is 197 Å². The van der Waals surface area contributed by atoms with Crippen molar-refractivity contribution < 1.29 is 52.6 Å². The van der Waals surface area contributed by atoms with E-state index in [1.54, 1.807) is 27.7 Å². The summed E-state index contributed by atoms with van der Waals surface area (Å²) in [6, 6.07) is -2.24. The van der Waals surface area contributed by atoms with E-state index in [-0.39, 0.29) is 0 Å². The maximum Gasteiger partial charge on any atom is 0.330 e. The summed E-state index contributed by atoms with van der Waals surface area (Å²) in [6.07, 6.45) is -2.91. The van der Waals surface area contributed by atoms with Crippen molar-refractivity contribution in [1.82, 2.24) is 10.6 Å². The molecule has 7 atom stereocenters. The number of hydrogen-bond acceptors (Lipinski definition) is 11. The van der Waals surface area contributed by atoms with Crippen LogP contribution in [0.1, 0.15) is 34.6 Å². The van der Waals surface area contributed by atoms with E-state index in [1.807, 2.05) is 0 Å². The van der Waals surface area contributed by atoms with E-state index in [0.29, 0.717) is 6.61 Å². The van der Waals surface area contributed by atoms with Crippen molar-refractivity contribution in [2.75, 3.05) is 26.9 Å². The van der Waals surface area contributed by atoms with Gasteiger partial charge in [0.2, 0.25) is 11.8 Å². The number of nitrogens with one attached hydrogen (secondary N) is 2. The van der Waals surface area contributed by atoms with Gasteiger partial charge in [0.05, 0.1) is 20.3 Å². The molecule has 3 heterocycles. The van der Waals surface area contributed by atoms with Crippen LogP contribution in [0.5, 0.6) is 0 Å². The van der Waals surface area contributed by atoms with Crippen molar-refractivity contribution in [3.63, 3.8) is 0 Å². The van der Waals surface area contributed by atoms with Crippen molar-refractivity contribution in [2.24, 2.45) is 0 Å². The Morgan fingerprint density at radius 3 is 2.29 bits per heavy atom. The number of fused-ring (bicyclic) bond motifs is 1. The number of carbonyl (C=O) groups is 3.